The maximum Gasteiger partial charge on any atom is 0.341 e. The zero-order valence-corrected chi connectivity index (χ0v) is 7.03. The van der Waals surface area contributed by atoms with Gasteiger partial charge in [-0.1, -0.05) is 6.07 Å². The van der Waals surface area contributed by atoms with Crippen LogP contribution in [0.3, 0.4) is 0 Å². The van der Waals surface area contributed by atoms with E-state index in [9.17, 15) is 4.79 Å². The number of thiol groups is 1. The van der Waals surface area contributed by atoms with Gasteiger partial charge < -0.3 is 5.11 Å². The number of hydrogen-bond acceptors (Lipinski definition) is 3. The Morgan fingerprint density at radius 2 is 2.33 bits per heavy atom. The average molecular weight is 181 g/mol. The van der Waals surface area contributed by atoms with Crippen molar-refractivity contribution >= 4 is 24.7 Å². The number of rotatable bonds is 2. The number of carboxylic acids is 1. The highest BCUT2D eigenvalue weighted by Crippen LogP contribution is 2.06. The standard InChI is InChI=1S/C8H7NO2S/c10-8(11)7(12)5-6-3-1-2-4-9-6/h1-5,12H,(H,10,11). The summed E-state index contributed by atoms with van der Waals surface area (Å²) in [5.41, 5.74) is 0.588. The Balaban J connectivity index is 2.89. The maximum absolute atomic E-state index is 10.3. The summed E-state index contributed by atoms with van der Waals surface area (Å²) in [4.78, 5) is 14.2. The Morgan fingerprint density at radius 1 is 1.58 bits per heavy atom. The fourth-order valence-corrected chi connectivity index (χ4v) is 0.795. The summed E-state index contributed by atoms with van der Waals surface area (Å²) in [5.74, 6) is -1.05. The van der Waals surface area contributed by atoms with Crippen LogP contribution in [0.15, 0.2) is 29.3 Å². The number of aliphatic carboxylic acids is 1. The molecule has 12 heavy (non-hydrogen) atoms. The van der Waals surface area contributed by atoms with Crippen molar-refractivity contribution in [1.29, 1.82) is 0 Å². The van der Waals surface area contributed by atoms with E-state index in [2.05, 4.69) is 17.6 Å². The predicted molar refractivity (Wildman–Crippen MR) is 48.8 cm³/mol. The van der Waals surface area contributed by atoms with Gasteiger partial charge in [0.25, 0.3) is 0 Å². The molecule has 1 heterocycles. The quantitative estimate of drug-likeness (QED) is 0.536. The molecule has 3 nitrogen and oxygen atoms in total. The van der Waals surface area contributed by atoms with Gasteiger partial charge in [0.2, 0.25) is 0 Å². The minimum absolute atomic E-state index is 0.0197. The van der Waals surface area contributed by atoms with Gasteiger partial charge in [0.15, 0.2) is 0 Å². The van der Waals surface area contributed by atoms with E-state index >= 15 is 0 Å². The van der Waals surface area contributed by atoms with Crippen LogP contribution in [0.2, 0.25) is 0 Å². The Bertz CT molecular complexity index is 308. The Kier molecular flexibility index (Phi) is 2.88. The third-order valence-electron chi connectivity index (χ3n) is 1.19. The van der Waals surface area contributed by atoms with Gasteiger partial charge in [-0.2, -0.15) is 0 Å². The third-order valence-corrected chi connectivity index (χ3v) is 1.51. The van der Waals surface area contributed by atoms with Gasteiger partial charge in [0.1, 0.15) is 0 Å². The van der Waals surface area contributed by atoms with Crippen molar-refractivity contribution in [2.45, 2.75) is 0 Å². The smallest absolute Gasteiger partial charge is 0.341 e. The van der Waals surface area contributed by atoms with Crippen LogP contribution >= 0.6 is 12.6 Å². The number of aromatic nitrogens is 1. The Morgan fingerprint density at radius 3 is 2.83 bits per heavy atom. The van der Waals surface area contributed by atoms with E-state index in [-0.39, 0.29) is 4.91 Å². The van der Waals surface area contributed by atoms with Crippen molar-refractivity contribution in [2.24, 2.45) is 0 Å². The molecule has 0 saturated heterocycles. The molecule has 1 aromatic rings. The summed E-state index contributed by atoms with van der Waals surface area (Å²) in [6.07, 6.45) is 2.99. The summed E-state index contributed by atoms with van der Waals surface area (Å²) < 4.78 is 0. The van der Waals surface area contributed by atoms with Gasteiger partial charge in [0, 0.05) is 6.20 Å². The SMILES string of the molecule is O=C(O)C(S)=Cc1ccccn1. The van der Waals surface area contributed by atoms with Crippen molar-refractivity contribution in [1.82, 2.24) is 4.98 Å². The number of carbonyl (C=O) groups is 1. The molecule has 1 aromatic heterocycles. The van der Waals surface area contributed by atoms with Gasteiger partial charge >= 0.3 is 5.97 Å². The third kappa shape index (κ3) is 2.39. The van der Waals surface area contributed by atoms with E-state index in [0.717, 1.165) is 0 Å². The van der Waals surface area contributed by atoms with Crippen molar-refractivity contribution < 1.29 is 9.90 Å². The topological polar surface area (TPSA) is 50.2 Å². The lowest BCUT2D eigenvalue weighted by Gasteiger charge is -1.92. The minimum atomic E-state index is -1.05. The molecule has 1 rings (SSSR count). The van der Waals surface area contributed by atoms with Crippen molar-refractivity contribution in [3.05, 3.63) is 35.0 Å². The molecule has 0 fully saturated rings. The summed E-state index contributed by atoms with van der Waals surface area (Å²) in [7, 11) is 0. The van der Waals surface area contributed by atoms with Crippen LogP contribution in [-0.2, 0) is 4.79 Å². The highest BCUT2D eigenvalue weighted by Gasteiger charge is 2.00. The first-order valence-electron chi connectivity index (χ1n) is 3.25. The first kappa shape index (κ1) is 8.80. The fourth-order valence-electron chi connectivity index (χ4n) is 0.663. The molecule has 4 heteroatoms. The molecule has 0 aliphatic carbocycles. The number of hydrogen-bond donors (Lipinski definition) is 2. The average Bonchev–Trinajstić information content (AvgIpc) is 2.06. The highest BCUT2D eigenvalue weighted by atomic mass is 32.1. The first-order valence-corrected chi connectivity index (χ1v) is 3.70. The molecule has 0 amide bonds. The van der Waals surface area contributed by atoms with E-state index < -0.39 is 5.97 Å². The lowest BCUT2D eigenvalue weighted by Crippen LogP contribution is -1.93. The van der Waals surface area contributed by atoms with Crippen molar-refractivity contribution in [3.63, 3.8) is 0 Å². The molecule has 0 saturated carbocycles. The van der Waals surface area contributed by atoms with E-state index in [1.165, 1.54) is 6.08 Å². The summed E-state index contributed by atoms with van der Waals surface area (Å²) in [6, 6.07) is 5.25. The predicted octanol–water partition coefficient (Wildman–Crippen LogP) is 1.44. The van der Waals surface area contributed by atoms with Gasteiger partial charge in [-0.05, 0) is 18.2 Å². The fraction of sp³-hybridized carbons (Fsp3) is 0. The summed E-state index contributed by atoms with van der Waals surface area (Å²) >= 11 is 3.76. The first-order chi connectivity index (χ1) is 5.70. The number of carboxylic acid groups (broad SMARTS) is 1. The van der Waals surface area contributed by atoms with Crippen LogP contribution in [-0.4, -0.2) is 16.1 Å². The molecule has 0 spiro atoms. The number of pyridine rings is 1. The second-order valence-electron chi connectivity index (χ2n) is 2.09. The molecule has 0 aliphatic heterocycles. The molecule has 62 valence electrons. The van der Waals surface area contributed by atoms with Gasteiger partial charge in [-0.15, -0.1) is 12.6 Å². The van der Waals surface area contributed by atoms with Crippen LogP contribution in [0.1, 0.15) is 5.69 Å². The molecular formula is C8H7NO2S. The van der Waals surface area contributed by atoms with E-state index in [1.54, 1.807) is 24.4 Å². The van der Waals surface area contributed by atoms with Gasteiger partial charge in [-0.25, -0.2) is 4.79 Å². The van der Waals surface area contributed by atoms with Gasteiger partial charge in [0.05, 0.1) is 10.6 Å². The Hall–Kier alpha value is -1.29. The monoisotopic (exact) mass is 181 g/mol. The molecule has 1 N–H and O–H groups in total. The second kappa shape index (κ2) is 3.92. The molecular weight excluding hydrogens is 174 g/mol. The van der Waals surface area contributed by atoms with Crippen molar-refractivity contribution in [3.8, 4) is 0 Å². The number of nitrogens with zero attached hydrogens (tertiary/aromatic N) is 1. The minimum Gasteiger partial charge on any atom is -0.477 e. The lowest BCUT2D eigenvalue weighted by molar-refractivity contribution is -0.131. The van der Waals surface area contributed by atoms with E-state index in [0.29, 0.717) is 5.69 Å². The van der Waals surface area contributed by atoms with Gasteiger partial charge in [-0.3, -0.25) is 4.98 Å². The lowest BCUT2D eigenvalue weighted by atomic mass is 10.3. The van der Waals surface area contributed by atoms with E-state index in [1.807, 2.05) is 0 Å². The summed E-state index contributed by atoms with van der Waals surface area (Å²) in [5, 5.41) is 8.47. The molecule has 0 atom stereocenters. The van der Waals surface area contributed by atoms with Crippen LogP contribution in [0.5, 0.6) is 0 Å². The Labute approximate surface area is 75.2 Å². The largest absolute Gasteiger partial charge is 0.477 e. The molecule has 0 radical (unpaired) electrons. The normalized spacial score (nSPS) is 11.2. The highest BCUT2D eigenvalue weighted by molar-refractivity contribution is 7.85. The molecule has 0 unspecified atom stereocenters. The van der Waals surface area contributed by atoms with Crippen LogP contribution in [0, 0.1) is 0 Å². The summed E-state index contributed by atoms with van der Waals surface area (Å²) in [6.45, 7) is 0. The zero-order chi connectivity index (χ0) is 8.97. The zero-order valence-electron chi connectivity index (χ0n) is 6.14. The van der Waals surface area contributed by atoms with Crippen LogP contribution in [0.4, 0.5) is 0 Å². The molecule has 0 aliphatic rings. The molecule has 0 bridgehead atoms. The van der Waals surface area contributed by atoms with Crippen LogP contribution < -0.4 is 0 Å². The molecule has 0 aromatic carbocycles. The maximum atomic E-state index is 10.3. The van der Waals surface area contributed by atoms with Crippen LogP contribution in [0.25, 0.3) is 6.08 Å². The van der Waals surface area contributed by atoms with E-state index in [4.69, 9.17) is 5.11 Å². The van der Waals surface area contributed by atoms with Crippen molar-refractivity contribution in [2.75, 3.05) is 0 Å². The second-order valence-corrected chi connectivity index (χ2v) is 2.57.